The molecular weight excluding hydrogens is 438 g/mol. The number of unbranched alkanes of at least 4 members (excludes halogenated alkanes) is 3. The summed E-state index contributed by atoms with van der Waals surface area (Å²) in [6.45, 7) is 8.17. The Hall–Kier alpha value is -3.10. The number of aromatic nitrogens is 3. The van der Waals surface area contributed by atoms with Crippen molar-refractivity contribution < 1.29 is 19.0 Å². The van der Waals surface area contributed by atoms with Crippen LogP contribution in [0.25, 0.3) is 0 Å². The highest BCUT2D eigenvalue weighted by Crippen LogP contribution is 2.22. The molecule has 0 bridgehead atoms. The number of hydrogen-bond acceptors (Lipinski definition) is 7. The van der Waals surface area contributed by atoms with E-state index in [4.69, 9.17) is 14.2 Å². The molecule has 34 heavy (non-hydrogen) atoms. The first-order valence-corrected chi connectivity index (χ1v) is 12.0. The fourth-order valence-electron chi connectivity index (χ4n) is 3.39. The van der Waals surface area contributed by atoms with Gasteiger partial charge in [-0.25, -0.2) is 14.3 Å². The van der Waals surface area contributed by atoms with Gasteiger partial charge in [-0.3, -0.25) is 9.36 Å². The number of carbonyl (C=O) groups excluding carboxylic acids is 1. The van der Waals surface area contributed by atoms with Crippen LogP contribution in [0.15, 0.2) is 33.9 Å². The minimum atomic E-state index is -1.06. The average Bonchev–Trinajstić information content (AvgIpc) is 2.79. The number of aryl methyl sites for hydroxylation is 2. The number of benzene rings is 1. The van der Waals surface area contributed by atoms with Crippen molar-refractivity contribution in [2.75, 3.05) is 13.2 Å². The van der Waals surface area contributed by atoms with Crippen LogP contribution in [0.5, 0.6) is 11.6 Å². The van der Waals surface area contributed by atoms with Crippen molar-refractivity contribution in [3.63, 3.8) is 0 Å². The van der Waals surface area contributed by atoms with Crippen LogP contribution in [0.4, 0.5) is 0 Å². The molecule has 188 valence electrons. The Morgan fingerprint density at radius 1 is 1.09 bits per heavy atom. The number of carbonyl (C=O) groups is 1. The number of esters is 1. The third-order valence-electron chi connectivity index (χ3n) is 5.30. The van der Waals surface area contributed by atoms with Gasteiger partial charge in [0.2, 0.25) is 0 Å². The van der Waals surface area contributed by atoms with Crippen molar-refractivity contribution in [2.45, 2.75) is 78.4 Å². The summed E-state index contributed by atoms with van der Waals surface area (Å²) >= 11 is 0. The van der Waals surface area contributed by atoms with E-state index in [-0.39, 0.29) is 5.88 Å². The van der Waals surface area contributed by atoms with Crippen molar-refractivity contribution in [1.82, 2.24) is 14.3 Å². The summed E-state index contributed by atoms with van der Waals surface area (Å²) in [7, 11) is 1.52. The highest BCUT2D eigenvalue weighted by molar-refractivity contribution is 5.79. The highest BCUT2D eigenvalue weighted by Gasteiger charge is 2.31. The van der Waals surface area contributed by atoms with E-state index in [1.807, 2.05) is 31.2 Å². The van der Waals surface area contributed by atoms with E-state index in [9.17, 15) is 14.4 Å². The predicted octanol–water partition coefficient (Wildman–Crippen LogP) is 3.25. The molecule has 0 aliphatic rings. The molecule has 9 heteroatoms. The van der Waals surface area contributed by atoms with Gasteiger partial charge < -0.3 is 14.2 Å². The van der Waals surface area contributed by atoms with Crippen molar-refractivity contribution >= 4 is 5.97 Å². The average molecular weight is 476 g/mol. The molecule has 0 spiro atoms. The molecule has 0 radical (unpaired) electrons. The maximum Gasteiger partial charge on any atom is 0.349 e. The molecule has 0 saturated carbocycles. The van der Waals surface area contributed by atoms with Gasteiger partial charge in [0.25, 0.3) is 5.88 Å². The van der Waals surface area contributed by atoms with Crippen molar-refractivity contribution in [2.24, 2.45) is 7.05 Å². The van der Waals surface area contributed by atoms with E-state index in [2.05, 4.69) is 5.10 Å². The second-order valence-electron chi connectivity index (χ2n) is 8.66. The van der Waals surface area contributed by atoms with Crippen LogP contribution < -0.4 is 20.7 Å². The summed E-state index contributed by atoms with van der Waals surface area (Å²) in [6, 6.07) is 7.69. The van der Waals surface area contributed by atoms with Gasteiger partial charge in [0, 0.05) is 13.6 Å². The smallest absolute Gasteiger partial charge is 0.349 e. The van der Waals surface area contributed by atoms with E-state index in [0.717, 1.165) is 48.8 Å². The van der Waals surface area contributed by atoms with E-state index in [1.165, 1.54) is 11.6 Å². The second kappa shape index (κ2) is 13.0. The highest BCUT2D eigenvalue weighted by atomic mass is 16.6. The van der Waals surface area contributed by atoms with Gasteiger partial charge in [-0.15, -0.1) is 5.10 Å². The summed E-state index contributed by atoms with van der Waals surface area (Å²) in [5.74, 6) is 0.191. The fraction of sp³-hybridized carbons (Fsp3) is 0.600. The zero-order chi connectivity index (χ0) is 25.1. The lowest BCUT2D eigenvalue weighted by Gasteiger charge is -2.24. The lowest BCUT2D eigenvalue weighted by atomic mass is 10.1. The van der Waals surface area contributed by atoms with Crippen LogP contribution in [-0.4, -0.2) is 39.1 Å². The van der Waals surface area contributed by atoms with Gasteiger partial charge in [-0.2, -0.15) is 0 Å². The van der Waals surface area contributed by atoms with Gasteiger partial charge in [0.15, 0.2) is 5.60 Å². The van der Waals surface area contributed by atoms with Crippen molar-refractivity contribution in [1.29, 1.82) is 0 Å². The first-order chi connectivity index (χ1) is 16.2. The largest absolute Gasteiger partial charge is 0.476 e. The van der Waals surface area contributed by atoms with E-state index in [0.29, 0.717) is 25.5 Å². The monoisotopic (exact) mass is 475 g/mol. The van der Waals surface area contributed by atoms with Crippen molar-refractivity contribution in [3.05, 3.63) is 50.7 Å². The number of rotatable bonds is 14. The van der Waals surface area contributed by atoms with Gasteiger partial charge in [-0.1, -0.05) is 25.5 Å². The van der Waals surface area contributed by atoms with Gasteiger partial charge in [-0.05, 0) is 70.6 Å². The van der Waals surface area contributed by atoms with Crippen LogP contribution >= 0.6 is 0 Å². The Kier molecular flexibility index (Phi) is 10.3. The Balaban J connectivity index is 1.83. The maximum atomic E-state index is 12.5. The van der Waals surface area contributed by atoms with Gasteiger partial charge in [0.1, 0.15) is 5.75 Å². The van der Waals surface area contributed by atoms with Crippen LogP contribution in [0, 0.1) is 0 Å². The van der Waals surface area contributed by atoms with E-state index < -0.39 is 22.8 Å². The number of ether oxygens (including phenoxy) is 3. The third-order valence-corrected chi connectivity index (χ3v) is 5.30. The molecule has 2 aromatic rings. The molecule has 0 amide bonds. The SMILES string of the molecule is CCCCn1c(=O)c(OCCCCCc2cccc(OC(C)(C)C(=O)OCC)c2)nn(C)c1=O. The molecule has 2 rings (SSSR count). The lowest BCUT2D eigenvalue weighted by Crippen LogP contribution is -2.41. The molecule has 9 nitrogen and oxygen atoms in total. The minimum Gasteiger partial charge on any atom is -0.476 e. The topological polar surface area (TPSA) is 102 Å². The van der Waals surface area contributed by atoms with Gasteiger partial charge >= 0.3 is 17.2 Å². The third kappa shape index (κ3) is 7.74. The molecule has 1 aromatic heterocycles. The maximum absolute atomic E-state index is 12.5. The zero-order valence-electron chi connectivity index (χ0n) is 21.0. The van der Waals surface area contributed by atoms with Crippen LogP contribution in [0.2, 0.25) is 0 Å². The summed E-state index contributed by atoms with van der Waals surface area (Å²) in [6.07, 6.45) is 5.05. The zero-order valence-corrected chi connectivity index (χ0v) is 21.0. The Bertz CT molecular complexity index is 1060. The first kappa shape index (κ1) is 27.1. The number of hydrogen-bond donors (Lipinski definition) is 0. The van der Waals surface area contributed by atoms with Crippen molar-refractivity contribution in [3.8, 4) is 11.6 Å². The van der Waals surface area contributed by atoms with Gasteiger partial charge in [0.05, 0.1) is 13.2 Å². The molecule has 0 unspecified atom stereocenters. The van der Waals surface area contributed by atoms with Crippen LogP contribution in [0.1, 0.15) is 65.4 Å². The first-order valence-electron chi connectivity index (χ1n) is 12.0. The van der Waals surface area contributed by atoms with Crippen LogP contribution in [0.3, 0.4) is 0 Å². The molecule has 0 saturated heterocycles. The molecular formula is C25H37N3O6. The summed E-state index contributed by atoms with van der Waals surface area (Å²) < 4.78 is 18.8. The molecule has 0 aliphatic carbocycles. The predicted molar refractivity (Wildman–Crippen MR) is 129 cm³/mol. The van der Waals surface area contributed by atoms with E-state index in [1.54, 1.807) is 20.8 Å². The standard InChI is InChI=1S/C25H37N3O6/c1-6-8-16-28-22(29)21(26-27(5)24(28)31)33-17-11-9-10-13-19-14-12-15-20(18-19)34-25(3,4)23(30)32-7-2/h12,14-15,18H,6-11,13,16-17H2,1-5H3. The molecule has 0 atom stereocenters. The summed E-state index contributed by atoms with van der Waals surface area (Å²) in [5.41, 5.74) is -0.853. The number of nitrogens with zero attached hydrogens (tertiary/aromatic N) is 3. The summed E-state index contributed by atoms with van der Waals surface area (Å²) in [5, 5.41) is 3.97. The van der Waals surface area contributed by atoms with E-state index >= 15 is 0 Å². The summed E-state index contributed by atoms with van der Waals surface area (Å²) in [4.78, 5) is 36.7. The molecule has 1 aromatic carbocycles. The fourth-order valence-corrected chi connectivity index (χ4v) is 3.39. The molecule has 0 N–H and O–H groups in total. The lowest BCUT2D eigenvalue weighted by molar-refractivity contribution is -0.158. The molecule has 1 heterocycles. The normalized spacial score (nSPS) is 11.3. The molecule has 0 aliphatic heterocycles. The second-order valence-corrected chi connectivity index (χ2v) is 8.66. The quantitative estimate of drug-likeness (QED) is 0.305. The Morgan fingerprint density at radius 2 is 1.85 bits per heavy atom. The molecule has 0 fully saturated rings. The Labute approximate surface area is 200 Å². The minimum absolute atomic E-state index is 0.0349. The van der Waals surface area contributed by atoms with Crippen LogP contribution in [-0.2, 0) is 29.5 Å². The Morgan fingerprint density at radius 3 is 2.56 bits per heavy atom.